The Morgan fingerprint density at radius 3 is 2.83 bits per heavy atom. The van der Waals surface area contributed by atoms with Crippen LogP contribution in [0.5, 0.6) is 5.75 Å². The van der Waals surface area contributed by atoms with Crippen LogP contribution in [0.25, 0.3) is 0 Å². The number of likely N-dealkylation sites (tertiary alicyclic amines) is 2. The molecule has 7 nitrogen and oxygen atoms in total. The molecule has 1 aromatic carbocycles. The van der Waals surface area contributed by atoms with Crippen molar-refractivity contribution in [1.82, 2.24) is 19.6 Å². The van der Waals surface area contributed by atoms with Crippen molar-refractivity contribution in [2.24, 2.45) is 5.92 Å². The zero-order valence-electron chi connectivity index (χ0n) is 17.3. The van der Waals surface area contributed by atoms with Crippen LogP contribution in [0.3, 0.4) is 0 Å². The number of para-hydroxylation sites is 1. The number of aryl methyl sites for hydroxylation is 2. The van der Waals surface area contributed by atoms with Crippen molar-refractivity contribution in [3.8, 4) is 5.75 Å². The van der Waals surface area contributed by atoms with Gasteiger partial charge >= 0.3 is 0 Å². The number of aromatic nitrogens is 2. The molecule has 0 saturated carbocycles. The Bertz CT molecular complexity index is 865. The van der Waals surface area contributed by atoms with Crippen molar-refractivity contribution in [3.63, 3.8) is 0 Å². The summed E-state index contributed by atoms with van der Waals surface area (Å²) < 4.78 is 7.48. The number of hydrogen-bond acceptors (Lipinski definition) is 5. The lowest BCUT2D eigenvalue weighted by atomic mass is 9.82. The molecule has 2 fully saturated rings. The Balaban J connectivity index is 1.31. The van der Waals surface area contributed by atoms with Crippen molar-refractivity contribution in [2.45, 2.75) is 39.4 Å². The quantitative estimate of drug-likeness (QED) is 0.767. The van der Waals surface area contributed by atoms with Crippen LogP contribution in [0.1, 0.15) is 23.4 Å². The first kappa shape index (κ1) is 19.9. The van der Waals surface area contributed by atoms with Crippen LogP contribution in [-0.2, 0) is 17.9 Å². The number of nitrogens with zero attached hydrogens (tertiary/aromatic N) is 4. The van der Waals surface area contributed by atoms with E-state index in [4.69, 9.17) is 9.84 Å². The molecule has 1 amide bonds. The van der Waals surface area contributed by atoms with E-state index < -0.39 is 0 Å². The van der Waals surface area contributed by atoms with Crippen molar-refractivity contribution >= 4 is 5.91 Å². The molecule has 0 bridgehead atoms. The van der Waals surface area contributed by atoms with Gasteiger partial charge in [-0.15, -0.1) is 0 Å². The minimum Gasteiger partial charge on any atom is -0.491 e. The van der Waals surface area contributed by atoms with Gasteiger partial charge in [0, 0.05) is 49.4 Å². The van der Waals surface area contributed by atoms with Gasteiger partial charge in [0.15, 0.2) is 0 Å². The van der Waals surface area contributed by atoms with E-state index in [2.05, 4.69) is 16.1 Å². The molecular weight excluding hydrogens is 368 g/mol. The van der Waals surface area contributed by atoms with Gasteiger partial charge in [-0.25, -0.2) is 0 Å². The highest BCUT2D eigenvalue weighted by molar-refractivity contribution is 5.77. The fraction of sp³-hybridized carbons (Fsp3) is 0.545. The number of benzene rings is 1. The maximum Gasteiger partial charge on any atom is 0.244 e. The number of amides is 1. The van der Waals surface area contributed by atoms with E-state index in [9.17, 15) is 4.79 Å². The van der Waals surface area contributed by atoms with Gasteiger partial charge in [-0.05, 0) is 32.4 Å². The number of rotatable bonds is 7. The number of hydrogen-bond donors (Lipinski definition) is 1. The molecule has 0 spiro atoms. The maximum absolute atomic E-state index is 12.7. The predicted molar refractivity (Wildman–Crippen MR) is 110 cm³/mol. The number of carbonyl (C=O) groups excluding carboxylic acids is 1. The molecule has 2 aliphatic heterocycles. The molecule has 0 aliphatic carbocycles. The summed E-state index contributed by atoms with van der Waals surface area (Å²) in [6.45, 7) is 8.26. The average Bonchev–Trinajstić information content (AvgIpc) is 2.99. The Kier molecular flexibility index (Phi) is 5.87. The first-order chi connectivity index (χ1) is 14.0. The molecular formula is C22H30N4O3. The molecule has 1 N–H and O–H groups in total. The van der Waals surface area contributed by atoms with E-state index in [0.717, 1.165) is 55.3 Å². The van der Waals surface area contributed by atoms with E-state index >= 15 is 0 Å². The molecule has 1 aromatic heterocycles. The fourth-order valence-electron chi connectivity index (χ4n) is 4.59. The smallest absolute Gasteiger partial charge is 0.244 e. The highest BCUT2D eigenvalue weighted by Crippen LogP contribution is 2.34. The number of aliphatic hydroxyl groups excluding tert-OH is 1. The second-order valence-corrected chi connectivity index (χ2v) is 8.16. The average molecular weight is 399 g/mol. The summed E-state index contributed by atoms with van der Waals surface area (Å²) in [6.07, 6.45) is 1.01. The van der Waals surface area contributed by atoms with Crippen molar-refractivity contribution < 1.29 is 14.6 Å². The number of ether oxygens (including phenoxy) is 1. The largest absolute Gasteiger partial charge is 0.491 e. The standard InChI is InChI=1S/C22H30N4O3/c1-16-11-17(2)26(23-16)15-22(28)25-14-19-13-24(8-7-20(19)25)12-18-5-3-4-6-21(18)29-10-9-27/h3-6,11,19-20,27H,7-10,12-15H2,1-2H3/t19-,20-/m0/s1. The summed E-state index contributed by atoms with van der Waals surface area (Å²) in [7, 11) is 0. The molecule has 7 heteroatoms. The Labute approximate surface area is 171 Å². The van der Waals surface area contributed by atoms with Crippen LogP contribution in [0, 0.1) is 19.8 Å². The number of aliphatic hydroxyl groups is 1. The Morgan fingerprint density at radius 1 is 1.28 bits per heavy atom. The molecule has 4 rings (SSSR count). The third kappa shape index (κ3) is 4.31. The molecule has 156 valence electrons. The zero-order valence-corrected chi connectivity index (χ0v) is 17.3. The molecule has 2 atom stereocenters. The Morgan fingerprint density at radius 2 is 2.10 bits per heavy atom. The number of fused-ring (bicyclic) bond motifs is 1. The van der Waals surface area contributed by atoms with Gasteiger partial charge in [-0.1, -0.05) is 18.2 Å². The van der Waals surface area contributed by atoms with Crippen molar-refractivity contribution in [2.75, 3.05) is 32.8 Å². The molecule has 2 aliphatic rings. The summed E-state index contributed by atoms with van der Waals surface area (Å²) in [5.41, 5.74) is 3.13. The maximum atomic E-state index is 12.7. The van der Waals surface area contributed by atoms with Crippen LogP contribution in [0.15, 0.2) is 30.3 Å². The summed E-state index contributed by atoms with van der Waals surface area (Å²) in [4.78, 5) is 17.2. The van der Waals surface area contributed by atoms with E-state index in [-0.39, 0.29) is 12.5 Å². The van der Waals surface area contributed by atoms with Gasteiger partial charge in [0.25, 0.3) is 0 Å². The number of carbonyl (C=O) groups is 1. The van der Waals surface area contributed by atoms with Gasteiger partial charge in [-0.2, -0.15) is 5.10 Å². The lowest BCUT2D eigenvalue weighted by Gasteiger charge is -2.53. The fourth-order valence-corrected chi connectivity index (χ4v) is 4.59. The van der Waals surface area contributed by atoms with E-state index in [1.54, 1.807) is 0 Å². The third-order valence-electron chi connectivity index (χ3n) is 6.03. The molecule has 0 radical (unpaired) electrons. The van der Waals surface area contributed by atoms with Crippen molar-refractivity contribution in [1.29, 1.82) is 0 Å². The monoisotopic (exact) mass is 398 g/mol. The molecule has 0 unspecified atom stereocenters. The van der Waals surface area contributed by atoms with Gasteiger partial charge in [-0.3, -0.25) is 14.4 Å². The SMILES string of the molecule is Cc1cc(C)n(CC(=O)N2C[C@@H]3CN(Cc4ccccc4OCCO)CC[C@@H]32)n1. The van der Waals surface area contributed by atoms with E-state index in [1.165, 1.54) is 0 Å². The lowest BCUT2D eigenvalue weighted by molar-refractivity contribution is -0.149. The van der Waals surface area contributed by atoms with Crippen LogP contribution in [-0.4, -0.2) is 69.5 Å². The van der Waals surface area contributed by atoms with Gasteiger partial charge in [0.05, 0.1) is 12.3 Å². The first-order valence-corrected chi connectivity index (χ1v) is 10.4. The summed E-state index contributed by atoms with van der Waals surface area (Å²) in [5.74, 6) is 1.56. The second-order valence-electron chi connectivity index (χ2n) is 8.16. The second kappa shape index (κ2) is 8.55. The first-order valence-electron chi connectivity index (χ1n) is 10.4. The molecule has 29 heavy (non-hydrogen) atoms. The third-order valence-corrected chi connectivity index (χ3v) is 6.03. The van der Waals surface area contributed by atoms with Gasteiger partial charge < -0.3 is 14.7 Å². The topological polar surface area (TPSA) is 70.8 Å². The van der Waals surface area contributed by atoms with Gasteiger partial charge in [0.1, 0.15) is 18.9 Å². The normalized spacial score (nSPS) is 21.6. The van der Waals surface area contributed by atoms with Crippen LogP contribution < -0.4 is 4.74 Å². The summed E-state index contributed by atoms with van der Waals surface area (Å²) >= 11 is 0. The van der Waals surface area contributed by atoms with Crippen LogP contribution >= 0.6 is 0 Å². The molecule has 2 aromatic rings. The highest BCUT2D eigenvalue weighted by Gasteiger charge is 2.44. The minimum absolute atomic E-state index is 0.0172. The van der Waals surface area contributed by atoms with E-state index in [1.807, 2.05) is 47.7 Å². The lowest BCUT2D eigenvalue weighted by Crippen LogP contribution is -2.65. The summed E-state index contributed by atoms with van der Waals surface area (Å²) in [5, 5.41) is 13.4. The van der Waals surface area contributed by atoms with Crippen molar-refractivity contribution in [3.05, 3.63) is 47.3 Å². The molecule has 2 saturated heterocycles. The van der Waals surface area contributed by atoms with Crippen LogP contribution in [0.4, 0.5) is 0 Å². The van der Waals surface area contributed by atoms with Crippen LogP contribution in [0.2, 0.25) is 0 Å². The van der Waals surface area contributed by atoms with E-state index in [0.29, 0.717) is 25.1 Å². The highest BCUT2D eigenvalue weighted by atomic mass is 16.5. The van der Waals surface area contributed by atoms with Gasteiger partial charge in [0.2, 0.25) is 5.91 Å². The minimum atomic E-state index is 0.0172. The molecule has 3 heterocycles. The Hall–Kier alpha value is -2.38. The zero-order chi connectivity index (χ0) is 20.4. The predicted octanol–water partition coefficient (Wildman–Crippen LogP) is 1.60. The summed E-state index contributed by atoms with van der Waals surface area (Å²) in [6, 6.07) is 10.4. The number of piperidine rings is 1.